The fourth-order valence-electron chi connectivity index (χ4n) is 0.969. The lowest BCUT2D eigenvalue weighted by molar-refractivity contribution is 0.0870. The Labute approximate surface area is 97.6 Å². The first-order valence-corrected chi connectivity index (χ1v) is 5.52. The molecule has 6 heteroatoms. The van der Waals surface area contributed by atoms with Gasteiger partial charge in [-0.05, 0) is 29.8 Å². The maximum atomic E-state index is 5.47. The molecule has 0 spiro atoms. The number of halogens is 1. The smallest absolute Gasteiger partial charge is 0.221 e. The molecule has 0 radical (unpaired) electrons. The average molecular weight is 275 g/mol. The molecular formula is C9H15BrN4O. The molecule has 1 rings (SSSR count). The van der Waals surface area contributed by atoms with Crippen molar-refractivity contribution in [2.45, 2.75) is 20.0 Å². The molecular weight excluding hydrogens is 260 g/mol. The highest BCUT2D eigenvalue weighted by Gasteiger charge is 2.02. The fraction of sp³-hybridized carbons (Fsp3) is 0.556. The van der Waals surface area contributed by atoms with Gasteiger partial charge in [-0.3, -0.25) is 0 Å². The van der Waals surface area contributed by atoms with Crippen LogP contribution in [0.5, 0.6) is 0 Å². The number of hydrogen-bond acceptors (Lipinski definition) is 5. The van der Waals surface area contributed by atoms with Crippen LogP contribution in [0.1, 0.15) is 13.8 Å². The molecule has 0 aliphatic heterocycles. The minimum absolute atomic E-state index is 0.241. The van der Waals surface area contributed by atoms with Crippen LogP contribution in [0.3, 0.4) is 0 Å². The molecule has 0 saturated heterocycles. The number of nitrogens with two attached hydrogens (primary N) is 1. The molecule has 5 nitrogen and oxygen atoms in total. The van der Waals surface area contributed by atoms with Crippen molar-refractivity contribution in [2.24, 2.45) is 0 Å². The molecule has 84 valence electrons. The van der Waals surface area contributed by atoms with Gasteiger partial charge in [0, 0.05) is 12.7 Å². The molecule has 0 saturated carbocycles. The van der Waals surface area contributed by atoms with Crippen molar-refractivity contribution >= 4 is 27.7 Å². The van der Waals surface area contributed by atoms with E-state index >= 15 is 0 Å². The van der Waals surface area contributed by atoms with E-state index < -0.39 is 0 Å². The van der Waals surface area contributed by atoms with E-state index in [0.717, 1.165) is 4.47 Å². The van der Waals surface area contributed by atoms with Gasteiger partial charge in [0.25, 0.3) is 0 Å². The Hall–Kier alpha value is -0.880. The van der Waals surface area contributed by atoms with Gasteiger partial charge in [0.05, 0.1) is 17.2 Å². The number of hydrogen-bond donors (Lipinski definition) is 2. The fourth-order valence-corrected chi connectivity index (χ4v) is 1.30. The number of nitrogen functional groups attached to an aromatic ring is 1. The van der Waals surface area contributed by atoms with E-state index in [-0.39, 0.29) is 12.1 Å². The zero-order valence-corrected chi connectivity index (χ0v) is 10.4. The minimum atomic E-state index is 0.241. The van der Waals surface area contributed by atoms with Crippen molar-refractivity contribution in [1.82, 2.24) is 9.97 Å². The Morgan fingerprint density at radius 2 is 2.33 bits per heavy atom. The lowest BCUT2D eigenvalue weighted by Crippen LogP contribution is -2.14. The summed E-state index contributed by atoms with van der Waals surface area (Å²) in [6.45, 7) is 5.32. The van der Waals surface area contributed by atoms with Crippen molar-refractivity contribution in [2.75, 3.05) is 24.2 Å². The van der Waals surface area contributed by atoms with Crippen molar-refractivity contribution < 1.29 is 4.74 Å². The number of nitrogens with one attached hydrogen (secondary N) is 1. The number of anilines is 2. The predicted molar refractivity (Wildman–Crippen MR) is 63.7 cm³/mol. The van der Waals surface area contributed by atoms with Crippen molar-refractivity contribution in [3.63, 3.8) is 0 Å². The van der Waals surface area contributed by atoms with E-state index in [0.29, 0.717) is 19.0 Å². The third-order valence-corrected chi connectivity index (χ3v) is 2.19. The van der Waals surface area contributed by atoms with Gasteiger partial charge in [-0.15, -0.1) is 0 Å². The minimum Gasteiger partial charge on any atom is -0.377 e. The summed E-state index contributed by atoms with van der Waals surface area (Å²) in [5.74, 6) is 0.945. The number of ether oxygens (including phenoxy) is 1. The van der Waals surface area contributed by atoms with Crippen molar-refractivity contribution in [3.05, 3.63) is 10.7 Å². The largest absolute Gasteiger partial charge is 0.377 e. The van der Waals surface area contributed by atoms with Crippen LogP contribution >= 0.6 is 15.9 Å². The Morgan fingerprint density at radius 1 is 1.60 bits per heavy atom. The highest BCUT2D eigenvalue weighted by molar-refractivity contribution is 9.10. The number of rotatable bonds is 5. The maximum absolute atomic E-state index is 5.47. The lowest BCUT2D eigenvalue weighted by Gasteiger charge is -2.10. The zero-order chi connectivity index (χ0) is 11.3. The standard InChI is InChI=1S/C9H15BrN4O/c1-6(2)15-4-3-12-8-7(10)5-13-9(11)14-8/h5-6H,3-4H2,1-2H3,(H3,11,12,13,14). The van der Waals surface area contributed by atoms with Crippen LogP contribution < -0.4 is 11.1 Å². The first-order valence-electron chi connectivity index (χ1n) is 4.73. The molecule has 0 aromatic carbocycles. The quantitative estimate of drug-likeness (QED) is 0.799. The van der Waals surface area contributed by atoms with Gasteiger partial charge in [0.15, 0.2) is 0 Å². The normalized spacial score (nSPS) is 10.7. The van der Waals surface area contributed by atoms with Gasteiger partial charge >= 0.3 is 0 Å². The molecule has 0 bridgehead atoms. The molecule has 0 aliphatic carbocycles. The lowest BCUT2D eigenvalue weighted by atomic mass is 10.5. The van der Waals surface area contributed by atoms with Gasteiger partial charge < -0.3 is 15.8 Å². The molecule has 15 heavy (non-hydrogen) atoms. The zero-order valence-electron chi connectivity index (χ0n) is 8.83. The van der Waals surface area contributed by atoms with E-state index in [2.05, 4.69) is 31.2 Å². The van der Waals surface area contributed by atoms with Gasteiger partial charge in [0.1, 0.15) is 5.82 Å². The molecule has 1 aromatic heterocycles. The SMILES string of the molecule is CC(C)OCCNc1nc(N)ncc1Br. The highest BCUT2D eigenvalue weighted by Crippen LogP contribution is 2.18. The van der Waals surface area contributed by atoms with Crippen LogP contribution in [0.4, 0.5) is 11.8 Å². The molecule has 0 aliphatic rings. The summed E-state index contributed by atoms with van der Waals surface area (Å²) in [5, 5.41) is 3.11. The summed E-state index contributed by atoms with van der Waals surface area (Å²) < 4.78 is 6.17. The second kappa shape index (κ2) is 5.87. The first-order chi connectivity index (χ1) is 7.09. The summed E-state index contributed by atoms with van der Waals surface area (Å²) in [4.78, 5) is 7.89. The predicted octanol–water partition coefficient (Wildman–Crippen LogP) is 1.66. The monoisotopic (exact) mass is 274 g/mol. The average Bonchev–Trinajstić information content (AvgIpc) is 2.17. The first kappa shape index (κ1) is 12.2. The van der Waals surface area contributed by atoms with E-state index in [1.54, 1.807) is 6.20 Å². The maximum Gasteiger partial charge on any atom is 0.221 e. The van der Waals surface area contributed by atoms with Crippen molar-refractivity contribution in [3.8, 4) is 0 Å². The molecule has 0 unspecified atom stereocenters. The Kier molecular flexibility index (Phi) is 4.77. The van der Waals surface area contributed by atoms with E-state index in [1.165, 1.54) is 0 Å². The number of nitrogens with zero attached hydrogens (tertiary/aromatic N) is 2. The molecule has 0 fully saturated rings. The Bertz CT molecular complexity index is 319. The molecule has 0 atom stereocenters. The van der Waals surface area contributed by atoms with Crippen LogP contribution in [0.25, 0.3) is 0 Å². The topological polar surface area (TPSA) is 73.1 Å². The van der Waals surface area contributed by atoms with Gasteiger partial charge in [0.2, 0.25) is 5.95 Å². The van der Waals surface area contributed by atoms with Gasteiger partial charge in [-0.2, -0.15) is 4.98 Å². The summed E-state index contributed by atoms with van der Waals surface area (Å²) in [6, 6.07) is 0. The third kappa shape index (κ3) is 4.44. The summed E-state index contributed by atoms with van der Waals surface area (Å²) in [6.07, 6.45) is 1.86. The second-order valence-electron chi connectivity index (χ2n) is 3.27. The Balaban J connectivity index is 2.40. The van der Waals surface area contributed by atoms with E-state index in [4.69, 9.17) is 10.5 Å². The van der Waals surface area contributed by atoms with Crippen molar-refractivity contribution in [1.29, 1.82) is 0 Å². The second-order valence-corrected chi connectivity index (χ2v) is 4.13. The van der Waals surface area contributed by atoms with Gasteiger partial charge in [-0.25, -0.2) is 4.98 Å². The van der Waals surface area contributed by atoms with Crippen LogP contribution in [0.15, 0.2) is 10.7 Å². The van der Waals surface area contributed by atoms with Crippen LogP contribution in [0.2, 0.25) is 0 Å². The molecule has 1 heterocycles. The van der Waals surface area contributed by atoms with E-state index in [9.17, 15) is 0 Å². The highest BCUT2D eigenvalue weighted by atomic mass is 79.9. The van der Waals surface area contributed by atoms with Crippen LogP contribution in [-0.4, -0.2) is 29.2 Å². The summed E-state index contributed by atoms with van der Waals surface area (Å²) >= 11 is 3.33. The molecule has 0 amide bonds. The van der Waals surface area contributed by atoms with Crippen LogP contribution in [-0.2, 0) is 4.74 Å². The summed E-state index contributed by atoms with van der Waals surface area (Å²) in [5.41, 5.74) is 5.47. The summed E-state index contributed by atoms with van der Waals surface area (Å²) in [7, 11) is 0. The van der Waals surface area contributed by atoms with E-state index in [1.807, 2.05) is 13.8 Å². The third-order valence-electron chi connectivity index (χ3n) is 1.61. The molecule has 1 aromatic rings. The van der Waals surface area contributed by atoms with Crippen LogP contribution in [0, 0.1) is 0 Å². The molecule has 3 N–H and O–H groups in total. The Morgan fingerprint density at radius 3 is 3.00 bits per heavy atom. The number of aromatic nitrogens is 2. The van der Waals surface area contributed by atoms with Gasteiger partial charge in [-0.1, -0.05) is 0 Å².